The van der Waals surface area contributed by atoms with Crippen LogP contribution in [0.2, 0.25) is 0 Å². The Balaban J connectivity index is 2.26. The molecule has 0 saturated heterocycles. The van der Waals surface area contributed by atoms with Crippen LogP contribution in [0, 0.1) is 0 Å². The molecular formula is C9H10N4O2. The van der Waals surface area contributed by atoms with E-state index in [1.165, 1.54) is 12.4 Å². The topological polar surface area (TPSA) is 89.6 Å². The van der Waals surface area contributed by atoms with E-state index in [2.05, 4.69) is 9.98 Å². The Bertz CT molecular complexity index is 501. The Morgan fingerprint density at radius 1 is 1.60 bits per heavy atom. The van der Waals surface area contributed by atoms with Crippen molar-refractivity contribution in [1.29, 1.82) is 0 Å². The summed E-state index contributed by atoms with van der Waals surface area (Å²) in [6.45, 7) is 0.397. The zero-order valence-corrected chi connectivity index (χ0v) is 7.87. The Hall–Kier alpha value is -2.24. The molecule has 0 radical (unpaired) electrons. The van der Waals surface area contributed by atoms with Crippen molar-refractivity contribution in [1.82, 2.24) is 9.71 Å². The zero-order chi connectivity index (χ0) is 10.7. The zero-order valence-electron chi connectivity index (χ0n) is 7.87. The summed E-state index contributed by atoms with van der Waals surface area (Å²) in [5, 5.41) is 9.38. The Labute approximate surface area is 85.3 Å². The fraction of sp³-hybridized carbons (Fsp3) is 0.111. The van der Waals surface area contributed by atoms with Crippen LogP contribution >= 0.6 is 0 Å². The maximum absolute atomic E-state index is 9.38. The van der Waals surface area contributed by atoms with E-state index < -0.39 is 0 Å². The lowest BCUT2D eigenvalue weighted by Crippen LogP contribution is -2.22. The Morgan fingerprint density at radius 2 is 2.47 bits per heavy atom. The van der Waals surface area contributed by atoms with E-state index in [1.807, 2.05) is 0 Å². The predicted octanol–water partition coefficient (Wildman–Crippen LogP) is 0.396. The maximum Gasteiger partial charge on any atom is 0.258 e. The monoisotopic (exact) mass is 206 g/mol. The third kappa shape index (κ3) is 2.16. The number of nitrogens with zero attached hydrogens (tertiary/aromatic N) is 3. The number of nitrogens with two attached hydrogens (primary N) is 1. The number of nitrogen functional groups attached to an aromatic ring is 1. The molecular weight excluding hydrogens is 196 g/mol. The van der Waals surface area contributed by atoms with Crippen LogP contribution in [0.5, 0.6) is 0 Å². The Kier molecular flexibility index (Phi) is 2.40. The van der Waals surface area contributed by atoms with E-state index in [0.717, 1.165) is 10.3 Å². The number of furan rings is 1. The molecule has 0 aliphatic heterocycles. The summed E-state index contributed by atoms with van der Waals surface area (Å²) >= 11 is 0. The molecule has 0 amide bonds. The molecule has 2 aromatic rings. The number of hydrogen-bond donors (Lipinski definition) is 2. The molecule has 0 aliphatic rings. The summed E-state index contributed by atoms with van der Waals surface area (Å²) in [6.07, 6.45) is 5.92. The van der Waals surface area contributed by atoms with Crippen LogP contribution < -0.4 is 11.4 Å². The van der Waals surface area contributed by atoms with Crippen molar-refractivity contribution in [2.24, 2.45) is 4.99 Å². The number of aromatic nitrogens is 2. The fourth-order valence-electron chi connectivity index (χ4n) is 1.08. The molecule has 6 nitrogen and oxygen atoms in total. The first-order valence-electron chi connectivity index (χ1n) is 4.31. The average Bonchev–Trinajstić information content (AvgIpc) is 2.69. The summed E-state index contributed by atoms with van der Waals surface area (Å²) in [6, 6.07) is 1.79. The van der Waals surface area contributed by atoms with Gasteiger partial charge in [-0.15, -0.1) is 0 Å². The minimum absolute atomic E-state index is 0.199. The lowest BCUT2D eigenvalue weighted by Gasteiger charge is -1.98. The van der Waals surface area contributed by atoms with Gasteiger partial charge in [0.1, 0.15) is 0 Å². The van der Waals surface area contributed by atoms with Gasteiger partial charge in [0.25, 0.3) is 5.62 Å². The molecule has 0 spiro atoms. The molecule has 0 fully saturated rings. The molecule has 0 atom stereocenters. The molecule has 0 aromatic carbocycles. The van der Waals surface area contributed by atoms with Crippen LogP contribution in [0.1, 0.15) is 5.56 Å². The van der Waals surface area contributed by atoms with Crippen molar-refractivity contribution in [2.45, 2.75) is 6.54 Å². The Morgan fingerprint density at radius 3 is 3.13 bits per heavy atom. The van der Waals surface area contributed by atoms with Gasteiger partial charge in [-0.2, -0.15) is 4.73 Å². The second-order valence-corrected chi connectivity index (χ2v) is 2.98. The smallest absolute Gasteiger partial charge is 0.258 e. The highest BCUT2D eigenvalue weighted by Crippen LogP contribution is 2.00. The van der Waals surface area contributed by atoms with Crippen molar-refractivity contribution >= 4 is 5.69 Å². The lowest BCUT2D eigenvalue weighted by molar-refractivity contribution is 0.166. The normalized spacial score (nSPS) is 11.9. The van der Waals surface area contributed by atoms with E-state index >= 15 is 0 Å². The van der Waals surface area contributed by atoms with Crippen molar-refractivity contribution in [3.8, 4) is 0 Å². The highest BCUT2D eigenvalue weighted by molar-refractivity contribution is 5.29. The standard InChI is InChI=1S/C9H10N4O2/c10-8-4-12-9(13(14)5-8)11-3-7-1-2-15-6-7/h1-2,4-6,14H,3,10H2. The van der Waals surface area contributed by atoms with Gasteiger partial charge in [-0.1, -0.05) is 0 Å². The minimum Gasteiger partial charge on any atom is -0.472 e. The summed E-state index contributed by atoms with van der Waals surface area (Å²) in [5.74, 6) is 0. The van der Waals surface area contributed by atoms with Crippen molar-refractivity contribution in [3.63, 3.8) is 0 Å². The van der Waals surface area contributed by atoms with Crippen LogP contribution in [0.25, 0.3) is 0 Å². The highest BCUT2D eigenvalue weighted by atomic mass is 16.5. The lowest BCUT2D eigenvalue weighted by atomic mass is 10.3. The van der Waals surface area contributed by atoms with Crippen LogP contribution in [0.15, 0.2) is 40.4 Å². The van der Waals surface area contributed by atoms with Gasteiger partial charge in [0.15, 0.2) is 0 Å². The second kappa shape index (κ2) is 3.87. The summed E-state index contributed by atoms with van der Waals surface area (Å²) in [4.78, 5) is 7.94. The first-order chi connectivity index (χ1) is 7.25. The number of hydrogen-bond acceptors (Lipinski definition) is 5. The molecule has 15 heavy (non-hydrogen) atoms. The third-order valence-corrected chi connectivity index (χ3v) is 1.79. The minimum atomic E-state index is 0.199. The molecule has 0 unspecified atom stereocenters. The molecule has 6 heteroatoms. The van der Waals surface area contributed by atoms with E-state index in [4.69, 9.17) is 10.2 Å². The molecule has 2 aromatic heterocycles. The SMILES string of the molecule is Nc1cnc(=NCc2ccoc2)n(O)c1. The van der Waals surface area contributed by atoms with Gasteiger partial charge in [0.05, 0.1) is 37.2 Å². The van der Waals surface area contributed by atoms with Gasteiger partial charge in [-0.25, -0.2) is 9.98 Å². The number of rotatable bonds is 2. The molecule has 0 bridgehead atoms. The molecule has 78 valence electrons. The molecule has 3 N–H and O–H groups in total. The van der Waals surface area contributed by atoms with Crippen LogP contribution in [-0.4, -0.2) is 14.9 Å². The van der Waals surface area contributed by atoms with Gasteiger partial charge in [-0.05, 0) is 6.07 Å². The van der Waals surface area contributed by atoms with Crippen LogP contribution in [0.4, 0.5) is 5.69 Å². The summed E-state index contributed by atoms with van der Waals surface area (Å²) in [7, 11) is 0. The van der Waals surface area contributed by atoms with Gasteiger partial charge in [0.2, 0.25) is 0 Å². The van der Waals surface area contributed by atoms with Crippen molar-refractivity contribution in [3.05, 3.63) is 42.2 Å². The van der Waals surface area contributed by atoms with E-state index in [1.54, 1.807) is 18.6 Å². The maximum atomic E-state index is 9.38. The predicted molar refractivity (Wildman–Crippen MR) is 51.8 cm³/mol. The largest absolute Gasteiger partial charge is 0.472 e. The van der Waals surface area contributed by atoms with E-state index in [0.29, 0.717) is 12.2 Å². The van der Waals surface area contributed by atoms with Gasteiger partial charge >= 0.3 is 0 Å². The fourth-order valence-corrected chi connectivity index (χ4v) is 1.08. The summed E-state index contributed by atoms with van der Waals surface area (Å²) in [5.41, 5.74) is 6.90. The van der Waals surface area contributed by atoms with Crippen molar-refractivity contribution in [2.75, 3.05) is 5.73 Å². The first kappa shape index (κ1) is 9.32. The average molecular weight is 206 g/mol. The van der Waals surface area contributed by atoms with Gasteiger partial charge < -0.3 is 15.4 Å². The first-order valence-corrected chi connectivity index (χ1v) is 4.31. The van der Waals surface area contributed by atoms with E-state index in [9.17, 15) is 5.21 Å². The van der Waals surface area contributed by atoms with E-state index in [-0.39, 0.29) is 5.62 Å². The number of anilines is 1. The molecule has 0 saturated carbocycles. The van der Waals surface area contributed by atoms with Crippen LogP contribution in [-0.2, 0) is 6.54 Å². The third-order valence-electron chi connectivity index (χ3n) is 1.79. The van der Waals surface area contributed by atoms with Crippen LogP contribution in [0.3, 0.4) is 0 Å². The van der Waals surface area contributed by atoms with Crippen molar-refractivity contribution < 1.29 is 9.62 Å². The molecule has 2 rings (SSSR count). The van der Waals surface area contributed by atoms with Gasteiger partial charge in [0, 0.05) is 5.56 Å². The molecule has 0 aliphatic carbocycles. The van der Waals surface area contributed by atoms with Gasteiger partial charge in [-0.3, -0.25) is 0 Å². The summed E-state index contributed by atoms with van der Waals surface area (Å²) < 4.78 is 5.67. The second-order valence-electron chi connectivity index (χ2n) is 2.98. The highest BCUT2D eigenvalue weighted by Gasteiger charge is 1.94. The quantitative estimate of drug-likeness (QED) is 0.696. The molecule has 2 heterocycles.